The van der Waals surface area contributed by atoms with Crippen LogP contribution in [-0.4, -0.2) is 23.5 Å². The van der Waals surface area contributed by atoms with E-state index in [1.165, 1.54) is 5.56 Å². The van der Waals surface area contributed by atoms with Gasteiger partial charge in [0.1, 0.15) is 0 Å². The maximum absolute atomic E-state index is 5.24. The van der Waals surface area contributed by atoms with Gasteiger partial charge in [0.25, 0.3) is 0 Å². The minimum absolute atomic E-state index is 0.492. The standard InChI is InChI=1S/C10H11NS/c1-11-7-9(10(11)12)8-5-3-2-4-6-8/h2-6,9H,7H2,1H3. The highest BCUT2D eigenvalue weighted by molar-refractivity contribution is 7.80. The van der Waals surface area contributed by atoms with Crippen molar-refractivity contribution in [2.45, 2.75) is 5.92 Å². The van der Waals surface area contributed by atoms with E-state index < -0.39 is 0 Å². The molecule has 1 saturated heterocycles. The van der Waals surface area contributed by atoms with Crippen molar-refractivity contribution in [3.05, 3.63) is 35.9 Å². The third-order valence-electron chi connectivity index (χ3n) is 2.33. The van der Waals surface area contributed by atoms with Crippen molar-refractivity contribution in [3.63, 3.8) is 0 Å². The molecule has 0 N–H and O–H groups in total. The molecule has 1 unspecified atom stereocenters. The third-order valence-corrected chi connectivity index (χ3v) is 2.93. The zero-order valence-corrected chi connectivity index (χ0v) is 7.84. The number of hydrogen-bond donors (Lipinski definition) is 0. The molecule has 0 spiro atoms. The fourth-order valence-corrected chi connectivity index (χ4v) is 1.81. The first-order valence-electron chi connectivity index (χ1n) is 4.09. The number of likely N-dealkylation sites (N-methyl/N-ethyl adjacent to an activating group) is 1. The highest BCUT2D eigenvalue weighted by Gasteiger charge is 2.30. The summed E-state index contributed by atoms with van der Waals surface area (Å²) in [6, 6.07) is 10.5. The summed E-state index contributed by atoms with van der Waals surface area (Å²) in [5.41, 5.74) is 1.35. The van der Waals surface area contributed by atoms with E-state index in [2.05, 4.69) is 29.2 Å². The van der Waals surface area contributed by atoms with Crippen LogP contribution >= 0.6 is 12.2 Å². The Hall–Kier alpha value is -0.890. The molecule has 1 aliphatic heterocycles. The Kier molecular flexibility index (Phi) is 1.85. The predicted octanol–water partition coefficient (Wildman–Crippen LogP) is 2.04. The van der Waals surface area contributed by atoms with Gasteiger partial charge in [-0.1, -0.05) is 42.5 Å². The number of benzene rings is 1. The van der Waals surface area contributed by atoms with Crippen LogP contribution in [0.4, 0.5) is 0 Å². The van der Waals surface area contributed by atoms with Crippen LogP contribution in [0, 0.1) is 0 Å². The van der Waals surface area contributed by atoms with Gasteiger partial charge in [-0.05, 0) is 5.56 Å². The van der Waals surface area contributed by atoms with E-state index in [4.69, 9.17) is 12.2 Å². The lowest BCUT2D eigenvalue weighted by Gasteiger charge is -2.39. The van der Waals surface area contributed by atoms with Gasteiger partial charge in [0.15, 0.2) is 0 Å². The van der Waals surface area contributed by atoms with Crippen molar-refractivity contribution >= 4 is 17.2 Å². The fraction of sp³-hybridized carbons (Fsp3) is 0.300. The van der Waals surface area contributed by atoms with Gasteiger partial charge in [-0.2, -0.15) is 0 Å². The summed E-state index contributed by atoms with van der Waals surface area (Å²) in [6.45, 7) is 1.07. The van der Waals surface area contributed by atoms with Crippen LogP contribution in [0.5, 0.6) is 0 Å². The van der Waals surface area contributed by atoms with Crippen LogP contribution in [0.25, 0.3) is 0 Å². The monoisotopic (exact) mass is 177 g/mol. The Morgan fingerprint density at radius 3 is 2.50 bits per heavy atom. The molecule has 1 heterocycles. The van der Waals surface area contributed by atoms with E-state index in [1.807, 2.05) is 13.1 Å². The molecule has 1 aromatic rings. The van der Waals surface area contributed by atoms with Gasteiger partial charge in [0.2, 0.25) is 0 Å². The molecule has 2 rings (SSSR count). The van der Waals surface area contributed by atoms with Crippen molar-refractivity contribution in [1.29, 1.82) is 0 Å². The molecule has 0 saturated carbocycles. The second-order valence-electron chi connectivity index (χ2n) is 3.18. The molecule has 0 aliphatic carbocycles. The number of likely N-dealkylation sites (tertiary alicyclic amines) is 1. The van der Waals surface area contributed by atoms with E-state index in [0.717, 1.165) is 11.5 Å². The Labute approximate surface area is 78.0 Å². The van der Waals surface area contributed by atoms with Crippen LogP contribution in [-0.2, 0) is 0 Å². The van der Waals surface area contributed by atoms with Crippen LogP contribution in [0.2, 0.25) is 0 Å². The first kappa shape index (κ1) is 7.74. The largest absolute Gasteiger partial charge is 0.368 e. The molecule has 1 aromatic carbocycles. The highest BCUT2D eigenvalue weighted by Crippen LogP contribution is 2.27. The van der Waals surface area contributed by atoms with E-state index >= 15 is 0 Å². The number of hydrogen-bond acceptors (Lipinski definition) is 1. The molecule has 1 atom stereocenters. The maximum atomic E-state index is 5.24. The molecule has 62 valence electrons. The molecular weight excluding hydrogens is 166 g/mol. The highest BCUT2D eigenvalue weighted by atomic mass is 32.1. The van der Waals surface area contributed by atoms with Crippen molar-refractivity contribution in [2.24, 2.45) is 0 Å². The molecule has 1 fully saturated rings. The fourth-order valence-electron chi connectivity index (χ4n) is 1.53. The average molecular weight is 177 g/mol. The van der Waals surface area contributed by atoms with Gasteiger partial charge in [0.05, 0.1) is 10.9 Å². The van der Waals surface area contributed by atoms with E-state index in [0.29, 0.717) is 5.92 Å². The average Bonchev–Trinajstić information content (AvgIpc) is 2.15. The van der Waals surface area contributed by atoms with Gasteiger partial charge < -0.3 is 4.90 Å². The summed E-state index contributed by atoms with van der Waals surface area (Å²) in [7, 11) is 2.04. The van der Waals surface area contributed by atoms with Gasteiger partial charge in [0, 0.05) is 13.6 Å². The zero-order valence-electron chi connectivity index (χ0n) is 7.03. The van der Waals surface area contributed by atoms with Crippen molar-refractivity contribution in [3.8, 4) is 0 Å². The SMILES string of the molecule is CN1CC(c2ccccc2)C1=S. The number of nitrogens with zero attached hydrogens (tertiary/aromatic N) is 1. The summed E-state index contributed by atoms with van der Waals surface area (Å²) in [5, 5.41) is 0. The Bertz CT molecular complexity index is 294. The van der Waals surface area contributed by atoms with Crippen LogP contribution in [0.15, 0.2) is 30.3 Å². The molecule has 0 amide bonds. The van der Waals surface area contributed by atoms with Crippen LogP contribution < -0.4 is 0 Å². The van der Waals surface area contributed by atoms with Crippen LogP contribution in [0.3, 0.4) is 0 Å². The Morgan fingerprint density at radius 1 is 1.33 bits per heavy atom. The van der Waals surface area contributed by atoms with E-state index in [-0.39, 0.29) is 0 Å². The molecule has 0 bridgehead atoms. The van der Waals surface area contributed by atoms with Crippen LogP contribution in [0.1, 0.15) is 11.5 Å². The van der Waals surface area contributed by atoms with Crippen molar-refractivity contribution in [1.82, 2.24) is 4.90 Å². The molecule has 1 nitrogen and oxygen atoms in total. The zero-order chi connectivity index (χ0) is 8.55. The van der Waals surface area contributed by atoms with E-state index in [9.17, 15) is 0 Å². The summed E-state index contributed by atoms with van der Waals surface area (Å²) in [5.74, 6) is 0.492. The number of rotatable bonds is 1. The first-order chi connectivity index (χ1) is 5.79. The Morgan fingerprint density at radius 2 is 2.00 bits per heavy atom. The predicted molar refractivity (Wildman–Crippen MR) is 54.4 cm³/mol. The molecule has 0 radical (unpaired) electrons. The minimum Gasteiger partial charge on any atom is -0.368 e. The second kappa shape index (κ2) is 2.87. The topological polar surface area (TPSA) is 3.24 Å². The number of thiocarbonyl (C=S) groups is 1. The molecular formula is C10H11NS. The molecule has 12 heavy (non-hydrogen) atoms. The van der Waals surface area contributed by atoms with Gasteiger partial charge in [-0.25, -0.2) is 0 Å². The van der Waals surface area contributed by atoms with E-state index in [1.54, 1.807) is 0 Å². The maximum Gasteiger partial charge on any atom is 0.0870 e. The lowest BCUT2D eigenvalue weighted by atomic mass is 9.92. The molecule has 0 aromatic heterocycles. The quantitative estimate of drug-likeness (QED) is 0.604. The first-order valence-corrected chi connectivity index (χ1v) is 4.50. The summed E-state index contributed by atoms with van der Waals surface area (Å²) < 4.78 is 0. The van der Waals surface area contributed by atoms with Gasteiger partial charge in [-0.3, -0.25) is 0 Å². The summed E-state index contributed by atoms with van der Waals surface area (Å²) >= 11 is 5.24. The van der Waals surface area contributed by atoms with Crippen molar-refractivity contribution < 1.29 is 0 Å². The Balaban J connectivity index is 2.19. The second-order valence-corrected chi connectivity index (χ2v) is 3.60. The third kappa shape index (κ3) is 1.12. The normalized spacial score (nSPS) is 22.2. The smallest absolute Gasteiger partial charge is 0.0870 e. The lowest BCUT2D eigenvalue weighted by Crippen LogP contribution is -2.46. The lowest BCUT2D eigenvalue weighted by molar-refractivity contribution is 0.405. The minimum atomic E-state index is 0.492. The van der Waals surface area contributed by atoms with Gasteiger partial charge >= 0.3 is 0 Å². The molecule has 2 heteroatoms. The van der Waals surface area contributed by atoms with Gasteiger partial charge in [-0.15, -0.1) is 0 Å². The van der Waals surface area contributed by atoms with Crippen molar-refractivity contribution in [2.75, 3.05) is 13.6 Å². The summed E-state index contributed by atoms with van der Waals surface area (Å²) in [4.78, 5) is 3.19. The summed E-state index contributed by atoms with van der Waals surface area (Å²) in [6.07, 6.45) is 0. The molecule has 1 aliphatic rings.